The Morgan fingerprint density at radius 3 is 2.65 bits per heavy atom. The lowest BCUT2D eigenvalue weighted by Gasteiger charge is -2.13. The van der Waals surface area contributed by atoms with E-state index in [9.17, 15) is 9.59 Å². The van der Waals surface area contributed by atoms with E-state index >= 15 is 0 Å². The van der Waals surface area contributed by atoms with Crippen molar-refractivity contribution in [1.29, 1.82) is 0 Å². The number of nitrogens with zero attached hydrogens (tertiary/aromatic N) is 3. The summed E-state index contributed by atoms with van der Waals surface area (Å²) < 4.78 is 2.58. The number of rotatable bonds is 4. The number of pyridine rings is 1. The second-order valence-electron chi connectivity index (χ2n) is 5.66. The van der Waals surface area contributed by atoms with E-state index in [2.05, 4.69) is 24.3 Å². The molecule has 3 aromatic rings. The van der Waals surface area contributed by atoms with Gasteiger partial charge in [-0.15, -0.1) is 5.10 Å². The zero-order chi connectivity index (χ0) is 16.4. The molecular weight excluding hydrogens is 292 g/mol. The lowest BCUT2D eigenvalue weighted by Crippen LogP contribution is -2.28. The number of benzene rings is 1. The van der Waals surface area contributed by atoms with Gasteiger partial charge in [0.1, 0.15) is 6.54 Å². The molecule has 0 radical (unpaired) electrons. The highest BCUT2D eigenvalue weighted by Gasteiger charge is 2.12. The fourth-order valence-corrected chi connectivity index (χ4v) is 2.51. The SMILES string of the molecule is CC(C)c1ccccc1NC(=O)Cn1nc2ccccn2c1=O. The molecule has 0 unspecified atom stereocenters. The van der Waals surface area contributed by atoms with Crippen LogP contribution in [0.15, 0.2) is 53.5 Å². The lowest BCUT2D eigenvalue weighted by molar-refractivity contribution is -0.117. The molecule has 0 saturated carbocycles. The third kappa shape index (κ3) is 3.01. The van der Waals surface area contributed by atoms with Crippen LogP contribution in [0, 0.1) is 0 Å². The largest absolute Gasteiger partial charge is 0.350 e. The van der Waals surface area contributed by atoms with Crippen LogP contribution in [0.2, 0.25) is 0 Å². The first-order valence-corrected chi connectivity index (χ1v) is 7.49. The smallest absolute Gasteiger partial charge is 0.324 e. The normalized spacial score (nSPS) is 11.1. The van der Waals surface area contributed by atoms with E-state index in [0.29, 0.717) is 11.6 Å². The highest BCUT2D eigenvalue weighted by molar-refractivity contribution is 5.91. The van der Waals surface area contributed by atoms with Gasteiger partial charge in [-0.25, -0.2) is 9.48 Å². The summed E-state index contributed by atoms with van der Waals surface area (Å²) in [5.74, 6) is 0.0213. The highest BCUT2D eigenvalue weighted by atomic mass is 16.2. The van der Waals surface area contributed by atoms with Gasteiger partial charge in [-0.2, -0.15) is 0 Å². The van der Waals surface area contributed by atoms with E-state index in [1.165, 1.54) is 9.08 Å². The van der Waals surface area contributed by atoms with Crippen LogP contribution >= 0.6 is 0 Å². The molecule has 2 aromatic heterocycles. The molecule has 23 heavy (non-hydrogen) atoms. The summed E-state index contributed by atoms with van der Waals surface area (Å²) in [7, 11) is 0. The molecule has 0 aliphatic carbocycles. The van der Waals surface area contributed by atoms with E-state index in [1.807, 2.05) is 24.3 Å². The number of hydrogen-bond acceptors (Lipinski definition) is 3. The van der Waals surface area contributed by atoms with Crippen molar-refractivity contribution in [2.45, 2.75) is 26.3 Å². The standard InChI is InChI=1S/C17H18N4O2/c1-12(2)13-7-3-4-8-14(13)18-16(22)11-21-17(23)20-10-6-5-9-15(20)19-21/h3-10,12H,11H2,1-2H3,(H,18,22). The first-order chi connectivity index (χ1) is 11.1. The Labute approximate surface area is 133 Å². The number of carbonyl (C=O) groups excluding carboxylic acids is 1. The zero-order valence-electron chi connectivity index (χ0n) is 13.1. The van der Waals surface area contributed by atoms with E-state index in [-0.39, 0.29) is 18.1 Å². The van der Waals surface area contributed by atoms with Gasteiger partial charge in [-0.3, -0.25) is 9.20 Å². The average Bonchev–Trinajstić information content (AvgIpc) is 2.84. The number of nitrogens with one attached hydrogen (secondary N) is 1. The molecule has 0 spiro atoms. The Morgan fingerprint density at radius 2 is 1.91 bits per heavy atom. The van der Waals surface area contributed by atoms with Gasteiger partial charge in [-0.05, 0) is 29.7 Å². The van der Waals surface area contributed by atoms with Crippen LogP contribution in [-0.2, 0) is 11.3 Å². The van der Waals surface area contributed by atoms with Gasteiger partial charge >= 0.3 is 5.69 Å². The molecule has 0 aliphatic heterocycles. The summed E-state index contributed by atoms with van der Waals surface area (Å²) in [5.41, 5.74) is 2.02. The summed E-state index contributed by atoms with van der Waals surface area (Å²) >= 11 is 0. The number of fused-ring (bicyclic) bond motifs is 1. The molecule has 0 aliphatic rings. The quantitative estimate of drug-likeness (QED) is 0.803. The van der Waals surface area contributed by atoms with Gasteiger partial charge in [0.25, 0.3) is 0 Å². The summed E-state index contributed by atoms with van der Waals surface area (Å²) in [6.07, 6.45) is 1.63. The van der Waals surface area contributed by atoms with E-state index in [1.54, 1.807) is 24.4 Å². The maximum atomic E-state index is 12.3. The van der Waals surface area contributed by atoms with E-state index in [0.717, 1.165) is 11.3 Å². The van der Waals surface area contributed by atoms with Gasteiger partial charge in [0.2, 0.25) is 5.91 Å². The Bertz CT molecular complexity index is 908. The molecule has 1 N–H and O–H groups in total. The van der Waals surface area contributed by atoms with Crippen molar-refractivity contribution in [2.24, 2.45) is 0 Å². The predicted octanol–water partition coefficient (Wildman–Crippen LogP) is 2.26. The summed E-state index contributed by atoms with van der Waals surface area (Å²) in [5, 5.41) is 7.02. The number of carbonyl (C=O) groups is 1. The van der Waals surface area contributed by atoms with Crippen LogP contribution in [0.25, 0.3) is 5.65 Å². The minimum atomic E-state index is -0.326. The molecule has 6 heteroatoms. The lowest BCUT2D eigenvalue weighted by atomic mass is 10.0. The van der Waals surface area contributed by atoms with Gasteiger partial charge in [0, 0.05) is 11.9 Å². The van der Waals surface area contributed by atoms with Crippen molar-refractivity contribution in [2.75, 3.05) is 5.32 Å². The Kier molecular flexibility index (Phi) is 3.97. The monoisotopic (exact) mass is 310 g/mol. The number of para-hydroxylation sites is 1. The maximum Gasteiger partial charge on any atom is 0.350 e. The van der Waals surface area contributed by atoms with Crippen LogP contribution in [0.4, 0.5) is 5.69 Å². The summed E-state index contributed by atoms with van der Waals surface area (Å²) in [6, 6.07) is 12.9. The molecule has 0 atom stereocenters. The average molecular weight is 310 g/mol. The van der Waals surface area contributed by atoms with Gasteiger partial charge < -0.3 is 5.32 Å². The van der Waals surface area contributed by atoms with Crippen molar-refractivity contribution in [1.82, 2.24) is 14.2 Å². The number of hydrogen-bond donors (Lipinski definition) is 1. The Hall–Kier alpha value is -2.89. The summed E-state index contributed by atoms with van der Waals surface area (Å²) in [6.45, 7) is 4.02. The molecule has 3 rings (SSSR count). The van der Waals surface area contributed by atoms with Crippen LogP contribution < -0.4 is 11.0 Å². The molecule has 118 valence electrons. The van der Waals surface area contributed by atoms with Crippen molar-refractivity contribution < 1.29 is 4.79 Å². The van der Waals surface area contributed by atoms with Crippen LogP contribution in [0.5, 0.6) is 0 Å². The van der Waals surface area contributed by atoms with Crippen molar-refractivity contribution in [3.63, 3.8) is 0 Å². The Morgan fingerprint density at radius 1 is 1.17 bits per heavy atom. The van der Waals surface area contributed by atoms with Crippen LogP contribution in [0.1, 0.15) is 25.3 Å². The number of aromatic nitrogens is 3. The van der Waals surface area contributed by atoms with Crippen molar-refractivity contribution in [3.05, 3.63) is 64.7 Å². The van der Waals surface area contributed by atoms with Gasteiger partial charge in [-0.1, -0.05) is 38.1 Å². The molecule has 0 bridgehead atoms. The zero-order valence-corrected chi connectivity index (χ0v) is 13.1. The molecule has 2 heterocycles. The van der Waals surface area contributed by atoms with Gasteiger partial charge in [0.05, 0.1) is 0 Å². The first-order valence-electron chi connectivity index (χ1n) is 7.49. The van der Waals surface area contributed by atoms with Crippen LogP contribution in [0.3, 0.4) is 0 Å². The number of amides is 1. The highest BCUT2D eigenvalue weighted by Crippen LogP contribution is 2.23. The molecule has 1 aromatic carbocycles. The van der Waals surface area contributed by atoms with Crippen molar-refractivity contribution in [3.8, 4) is 0 Å². The fraction of sp³-hybridized carbons (Fsp3) is 0.235. The minimum absolute atomic E-state index is 0.118. The third-order valence-corrected chi connectivity index (χ3v) is 3.64. The molecule has 1 amide bonds. The minimum Gasteiger partial charge on any atom is -0.324 e. The Balaban J connectivity index is 1.82. The number of anilines is 1. The van der Waals surface area contributed by atoms with E-state index in [4.69, 9.17) is 0 Å². The second kappa shape index (κ2) is 6.08. The predicted molar refractivity (Wildman–Crippen MR) is 88.6 cm³/mol. The fourth-order valence-electron chi connectivity index (χ4n) is 2.51. The van der Waals surface area contributed by atoms with Gasteiger partial charge in [0.15, 0.2) is 5.65 Å². The van der Waals surface area contributed by atoms with Crippen molar-refractivity contribution >= 4 is 17.2 Å². The molecule has 0 fully saturated rings. The maximum absolute atomic E-state index is 12.3. The van der Waals surface area contributed by atoms with E-state index < -0.39 is 0 Å². The topological polar surface area (TPSA) is 68.4 Å². The molecule has 0 saturated heterocycles. The second-order valence-corrected chi connectivity index (χ2v) is 5.66. The third-order valence-electron chi connectivity index (χ3n) is 3.64. The molecule has 6 nitrogen and oxygen atoms in total. The van der Waals surface area contributed by atoms with Crippen LogP contribution in [-0.4, -0.2) is 20.1 Å². The summed E-state index contributed by atoms with van der Waals surface area (Å²) in [4.78, 5) is 24.4. The first kappa shape index (κ1) is 15.0. The molecular formula is C17H18N4O2.